The Kier molecular flexibility index (Phi) is 4.00. The highest BCUT2D eigenvalue weighted by molar-refractivity contribution is 5.35. The molecule has 1 atom stereocenters. The summed E-state index contributed by atoms with van der Waals surface area (Å²) < 4.78 is 15.3. The summed E-state index contributed by atoms with van der Waals surface area (Å²) in [5, 5.41) is 7.73. The summed E-state index contributed by atoms with van der Waals surface area (Å²) in [5.74, 6) is -0.165. The molecule has 0 amide bonds. The topological polar surface area (TPSA) is 29.9 Å². The molecule has 1 aromatic carbocycles. The number of nitrogens with one attached hydrogen (secondary N) is 1. The van der Waals surface area contributed by atoms with Gasteiger partial charge in [0, 0.05) is 18.3 Å². The first-order valence-electron chi connectivity index (χ1n) is 6.52. The smallest absolute Gasteiger partial charge is 0.126 e. The van der Waals surface area contributed by atoms with Crippen LogP contribution in [0.2, 0.25) is 0 Å². The Labute approximate surface area is 113 Å². The number of hydrogen-bond acceptors (Lipinski definition) is 2. The fraction of sp³-hybridized carbons (Fsp3) is 0.400. The number of aryl methyl sites for hydroxylation is 2. The minimum atomic E-state index is -0.165. The monoisotopic (exact) mass is 261 g/mol. The lowest BCUT2D eigenvalue weighted by Gasteiger charge is -2.19. The first-order chi connectivity index (χ1) is 9.04. The second-order valence-corrected chi connectivity index (χ2v) is 4.81. The van der Waals surface area contributed by atoms with Crippen LogP contribution in [-0.2, 0) is 7.05 Å². The van der Waals surface area contributed by atoms with Gasteiger partial charge >= 0.3 is 0 Å². The predicted molar refractivity (Wildman–Crippen MR) is 74.6 cm³/mol. The largest absolute Gasteiger partial charge is 0.306 e. The average Bonchev–Trinajstić information content (AvgIpc) is 2.71. The Morgan fingerprint density at radius 3 is 2.63 bits per heavy atom. The Balaban J connectivity index is 2.45. The molecule has 1 unspecified atom stereocenters. The number of aromatic nitrogens is 2. The fourth-order valence-corrected chi connectivity index (χ4v) is 2.26. The summed E-state index contributed by atoms with van der Waals surface area (Å²) in [7, 11) is 1.93. The lowest BCUT2D eigenvalue weighted by Crippen LogP contribution is -2.22. The maximum Gasteiger partial charge on any atom is 0.126 e. The van der Waals surface area contributed by atoms with Gasteiger partial charge in [-0.1, -0.05) is 19.1 Å². The van der Waals surface area contributed by atoms with E-state index in [9.17, 15) is 4.39 Å². The van der Waals surface area contributed by atoms with Gasteiger partial charge < -0.3 is 5.32 Å². The van der Waals surface area contributed by atoms with E-state index in [2.05, 4.69) is 17.3 Å². The molecule has 19 heavy (non-hydrogen) atoms. The summed E-state index contributed by atoms with van der Waals surface area (Å²) >= 11 is 0. The molecule has 0 aliphatic carbocycles. The summed E-state index contributed by atoms with van der Waals surface area (Å²) in [4.78, 5) is 0. The van der Waals surface area contributed by atoms with Crippen LogP contribution in [0.4, 0.5) is 4.39 Å². The van der Waals surface area contributed by atoms with Gasteiger partial charge in [-0.25, -0.2) is 4.39 Å². The van der Waals surface area contributed by atoms with Crippen LogP contribution in [0.15, 0.2) is 24.4 Å². The lowest BCUT2D eigenvalue weighted by molar-refractivity contribution is 0.604. The van der Waals surface area contributed by atoms with Crippen LogP contribution >= 0.6 is 0 Å². The van der Waals surface area contributed by atoms with Crippen molar-refractivity contribution in [2.75, 3.05) is 6.54 Å². The number of rotatable bonds is 4. The van der Waals surface area contributed by atoms with Gasteiger partial charge in [-0.05, 0) is 37.6 Å². The van der Waals surface area contributed by atoms with Gasteiger partial charge in [0.15, 0.2) is 0 Å². The van der Waals surface area contributed by atoms with Crippen molar-refractivity contribution in [1.82, 2.24) is 15.1 Å². The van der Waals surface area contributed by atoms with Gasteiger partial charge in [0.25, 0.3) is 0 Å². The molecule has 1 N–H and O–H groups in total. The van der Waals surface area contributed by atoms with Crippen LogP contribution in [0.3, 0.4) is 0 Å². The number of hydrogen-bond donors (Lipinski definition) is 1. The molecule has 0 spiro atoms. The molecule has 1 aromatic heterocycles. The van der Waals surface area contributed by atoms with Gasteiger partial charge in [0.05, 0.1) is 12.2 Å². The van der Waals surface area contributed by atoms with E-state index in [1.807, 2.05) is 37.0 Å². The van der Waals surface area contributed by atoms with Crippen molar-refractivity contribution in [1.29, 1.82) is 0 Å². The molecule has 0 bridgehead atoms. The van der Waals surface area contributed by atoms with Crippen LogP contribution in [-0.4, -0.2) is 16.3 Å². The third-order valence-electron chi connectivity index (χ3n) is 3.51. The van der Waals surface area contributed by atoms with E-state index in [0.717, 1.165) is 23.4 Å². The van der Waals surface area contributed by atoms with Crippen molar-refractivity contribution in [3.8, 4) is 0 Å². The van der Waals surface area contributed by atoms with Crippen LogP contribution in [0.5, 0.6) is 0 Å². The van der Waals surface area contributed by atoms with Crippen LogP contribution in [0, 0.1) is 19.7 Å². The summed E-state index contributed by atoms with van der Waals surface area (Å²) in [6, 6.07) is 5.32. The van der Waals surface area contributed by atoms with Crippen molar-refractivity contribution in [3.05, 3.63) is 52.6 Å². The maximum absolute atomic E-state index is 13.4. The molecule has 0 radical (unpaired) electrons. The Morgan fingerprint density at radius 2 is 2.11 bits per heavy atom. The van der Waals surface area contributed by atoms with Crippen LogP contribution < -0.4 is 5.32 Å². The summed E-state index contributed by atoms with van der Waals surface area (Å²) in [6.07, 6.45) is 1.88. The molecule has 3 nitrogen and oxygen atoms in total. The van der Waals surface area contributed by atoms with Crippen molar-refractivity contribution in [2.24, 2.45) is 7.05 Å². The summed E-state index contributed by atoms with van der Waals surface area (Å²) in [6.45, 7) is 6.74. The second-order valence-electron chi connectivity index (χ2n) is 4.81. The first kappa shape index (κ1) is 13.7. The molecule has 2 rings (SSSR count). The highest BCUT2D eigenvalue weighted by Gasteiger charge is 2.18. The van der Waals surface area contributed by atoms with Gasteiger partial charge in [-0.15, -0.1) is 0 Å². The number of nitrogens with zero attached hydrogens (tertiary/aromatic N) is 2. The standard InChI is InChI=1S/C15H20FN3/c1-5-17-15(13-9-18-19(4)11(13)3)12-6-7-14(16)10(2)8-12/h6-9,15,17H,5H2,1-4H3. The number of benzene rings is 1. The zero-order valence-electron chi connectivity index (χ0n) is 11.9. The van der Waals surface area contributed by atoms with Crippen molar-refractivity contribution < 1.29 is 4.39 Å². The van der Waals surface area contributed by atoms with E-state index in [-0.39, 0.29) is 11.9 Å². The van der Waals surface area contributed by atoms with Crippen molar-refractivity contribution in [2.45, 2.75) is 26.8 Å². The van der Waals surface area contributed by atoms with E-state index in [0.29, 0.717) is 5.56 Å². The zero-order chi connectivity index (χ0) is 14.0. The van der Waals surface area contributed by atoms with Crippen LogP contribution in [0.1, 0.15) is 35.3 Å². The highest BCUT2D eigenvalue weighted by Crippen LogP contribution is 2.25. The quantitative estimate of drug-likeness (QED) is 0.917. The predicted octanol–water partition coefficient (Wildman–Crippen LogP) is 2.87. The van der Waals surface area contributed by atoms with Crippen LogP contribution in [0.25, 0.3) is 0 Å². The molecule has 0 aliphatic rings. The average molecular weight is 261 g/mol. The number of halogens is 1. The fourth-order valence-electron chi connectivity index (χ4n) is 2.26. The second kappa shape index (κ2) is 5.53. The molecule has 0 aliphatic heterocycles. The molecular weight excluding hydrogens is 241 g/mol. The molecule has 2 aromatic rings. The van der Waals surface area contributed by atoms with E-state index < -0.39 is 0 Å². The molecule has 1 heterocycles. The molecule has 4 heteroatoms. The van der Waals surface area contributed by atoms with Gasteiger partial charge in [-0.3, -0.25) is 4.68 Å². The normalized spacial score (nSPS) is 12.7. The molecular formula is C15H20FN3. The minimum Gasteiger partial charge on any atom is -0.306 e. The Morgan fingerprint density at radius 1 is 1.37 bits per heavy atom. The first-order valence-corrected chi connectivity index (χ1v) is 6.52. The van der Waals surface area contributed by atoms with Gasteiger partial charge in [0.1, 0.15) is 5.82 Å². The third-order valence-corrected chi connectivity index (χ3v) is 3.51. The minimum absolute atomic E-state index is 0.0537. The van der Waals surface area contributed by atoms with Crippen molar-refractivity contribution >= 4 is 0 Å². The van der Waals surface area contributed by atoms with E-state index in [1.165, 1.54) is 6.07 Å². The van der Waals surface area contributed by atoms with Gasteiger partial charge in [0.2, 0.25) is 0 Å². The van der Waals surface area contributed by atoms with Gasteiger partial charge in [-0.2, -0.15) is 5.10 Å². The Bertz CT molecular complexity index is 575. The summed E-state index contributed by atoms with van der Waals surface area (Å²) in [5.41, 5.74) is 3.99. The lowest BCUT2D eigenvalue weighted by atomic mass is 9.97. The highest BCUT2D eigenvalue weighted by atomic mass is 19.1. The Hall–Kier alpha value is -1.68. The maximum atomic E-state index is 13.4. The SMILES string of the molecule is CCNC(c1ccc(F)c(C)c1)c1cnn(C)c1C. The van der Waals surface area contributed by atoms with E-state index in [1.54, 1.807) is 6.92 Å². The zero-order valence-corrected chi connectivity index (χ0v) is 11.9. The van der Waals surface area contributed by atoms with Crippen molar-refractivity contribution in [3.63, 3.8) is 0 Å². The molecule has 0 fully saturated rings. The van der Waals surface area contributed by atoms with E-state index >= 15 is 0 Å². The van der Waals surface area contributed by atoms with E-state index in [4.69, 9.17) is 0 Å². The third kappa shape index (κ3) is 2.68. The molecule has 0 saturated heterocycles. The molecule has 102 valence electrons. The molecule has 0 saturated carbocycles.